The molecule has 2 heteroatoms. The van der Waals surface area contributed by atoms with Crippen molar-refractivity contribution in [1.82, 2.24) is 0 Å². The molecule has 0 saturated carbocycles. The fraction of sp³-hybridized carbons (Fsp3) is 0.500. The van der Waals surface area contributed by atoms with Crippen molar-refractivity contribution in [3.63, 3.8) is 0 Å². The Morgan fingerprint density at radius 1 is 1.25 bits per heavy atom. The van der Waals surface area contributed by atoms with E-state index in [4.69, 9.17) is 10.00 Å². The van der Waals surface area contributed by atoms with Gasteiger partial charge in [-0.15, -0.1) is 0 Å². The smallest absolute Gasteiger partial charge is 0.169 e. The van der Waals surface area contributed by atoms with Crippen LogP contribution in [0.1, 0.15) is 38.0 Å². The van der Waals surface area contributed by atoms with E-state index in [0.29, 0.717) is 12.5 Å². The zero-order valence-electron chi connectivity index (χ0n) is 10.2. The summed E-state index contributed by atoms with van der Waals surface area (Å²) in [6.45, 7) is 6.86. The Kier molecular flexibility index (Phi) is 5.01. The summed E-state index contributed by atoms with van der Waals surface area (Å²) < 4.78 is 5.34. The maximum Gasteiger partial charge on any atom is 0.169 e. The first kappa shape index (κ1) is 12.7. The molecule has 0 fully saturated rings. The number of benzene rings is 1. The molecule has 2 nitrogen and oxygen atoms in total. The SMILES string of the molecule is CCOC(C#N)c1ccc(CC(C)C)cc1. The molecule has 1 aromatic carbocycles. The Balaban J connectivity index is 2.74. The number of rotatable bonds is 5. The minimum absolute atomic E-state index is 0.432. The Hall–Kier alpha value is -1.33. The largest absolute Gasteiger partial charge is 0.359 e. The zero-order chi connectivity index (χ0) is 12.0. The molecule has 0 saturated heterocycles. The maximum absolute atomic E-state index is 8.95. The van der Waals surface area contributed by atoms with Crippen molar-refractivity contribution in [1.29, 1.82) is 5.26 Å². The summed E-state index contributed by atoms with van der Waals surface area (Å²) in [5.74, 6) is 0.657. The molecule has 0 N–H and O–H groups in total. The third-order valence-corrected chi connectivity index (χ3v) is 2.38. The van der Waals surface area contributed by atoms with Crippen LogP contribution in [0.2, 0.25) is 0 Å². The van der Waals surface area contributed by atoms with Gasteiger partial charge in [-0.3, -0.25) is 0 Å². The zero-order valence-corrected chi connectivity index (χ0v) is 10.2. The van der Waals surface area contributed by atoms with Crippen molar-refractivity contribution < 1.29 is 4.74 Å². The average Bonchev–Trinajstić information content (AvgIpc) is 2.26. The first-order valence-electron chi connectivity index (χ1n) is 5.77. The van der Waals surface area contributed by atoms with Crippen molar-refractivity contribution in [2.75, 3.05) is 6.61 Å². The Bertz CT molecular complexity index is 348. The molecule has 86 valence electrons. The van der Waals surface area contributed by atoms with Gasteiger partial charge in [-0.2, -0.15) is 5.26 Å². The van der Waals surface area contributed by atoms with Crippen LogP contribution in [0.5, 0.6) is 0 Å². The number of ether oxygens (including phenoxy) is 1. The van der Waals surface area contributed by atoms with Crippen molar-refractivity contribution in [2.45, 2.75) is 33.3 Å². The summed E-state index contributed by atoms with van der Waals surface area (Å²) in [5.41, 5.74) is 2.25. The van der Waals surface area contributed by atoms with E-state index in [9.17, 15) is 0 Å². The molecule has 1 aromatic rings. The van der Waals surface area contributed by atoms with Gasteiger partial charge in [-0.25, -0.2) is 0 Å². The molecule has 0 aromatic heterocycles. The summed E-state index contributed by atoms with van der Waals surface area (Å²) in [5, 5.41) is 8.95. The van der Waals surface area contributed by atoms with E-state index in [1.165, 1.54) is 5.56 Å². The van der Waals surface area contributed by atoms with E-state index in [2.05, 4.69) is 32.0 Å². The lowest BCUT2D eigenvalue weighted by atomic mass is 10.0. The van der Waals surface area contributed by atoms with Crippen LogP contribution in [0.3, 0.4) is 0 Å². The van der Waals surface area contributed by atoms with E-state index in [0.717, 1.165) is 12.0 Å². The normalized spacial score (nSPS) is 12.4. The highest BCUT2D eigenvalue weighted by atomic mass is 16.5. The quantitative estimate of drug-likeness (QED) is 0.756. The molecule has 0 heterocycles. The van der Waals surface area contributed by atoms with Crippen LogP contribution in [-0.4, -0.2) is 6.61 Å². The van der Waals surface area contributed by atoms with E-state index in [1.54, 1.807) is 0 Å². The van der Waals surface area contributed by atoms with Gasteiger partial charge in [-0.05, 0) is 30.4 Å². The van der Waals surface area contributed by atoms with Crippen LogP contribution in [-0.2, 0) is 11.2 Å². The fourth-order valence-corrected chi connectivity index (χ4v) is 1.67. The van der Waals surface area contributed by atoms with E-state index < -0.39 is 6.10 Å². The number of hydrogen-bond acceptors (Lipinski definition) is 2. The van der Waals surface area contributed by atoms with E-state index >= 15 is 0 Å². The van der Waals surface area contributed by atoms with Gasteiger partial charge >= 0.3 is 0 Å². The lowest BCUT2D eigenvalue weighted by molar-refractivity contribution is 0.102. The minimum atomic E-state index is -0.432. The van der Waals surface area contributed by atoms with Gasteiger partial charge in [0.1, 0.15) is 0 Å². The first-order chi connectivity index (χ1) is 7.67. The van der Waals surface area contributed by atoms with Gasteiger partial charge in [0.25, 0.3) is 0 Å². The van der Waals surface area contributed by atoms with Gasteiger partial charge in [0.15, 0.2) is 6.10 Å². The standard InChI is InChI=1S/C14H19NO/c1-4-16-14(10-15)13-7-5-12(6-8-13)9-11(2)3/h5-8,11,14H,4,9H2,1-3H3. The summed E-state index contributed by atoms with van der Waals surface area (Å²) in [7, 11) is 0. The molecule has 0 spiro atoms. The molecule has 1 unspecified atom stereocenters. The fourth-order valence-electron chi connectivity index (χ4n) is 1.67. The van der Waals surface area contributed by atoms with Crippen molar-refractivity contribution in [3.05, 3.63) is 35.4 Å². The molecule has 16 heavy (non-hydrogen) atoms. The first-order valence-corrected chi connectivity index (χ1v) is 5.77. The third kappa shape index (κ3) is 3.67. The predicted molar refractivity (Wildman–Crippen MR) is 65.0 cm³/mol. The van der Waals surface area contributed by atoms with Crippen LogP contribution in [0.15, 0.2) is 24.3 Å². The number of nitrogens with zero attached hydrogens (tertiary/aromatic N) is 1. The van der Waals surface area contributed by atoms with Crippen LogP contribution in [0, 0.1) is 17.2 Å². The second-order valence-electron chi connectivity index (χ2n) is 4.30. The van der Waals surface area contributed by atoms with Gasteiger partial charge in [-0.1, -0.05) is 38.1 Å². The van der Waals surface area contributed by atoms with Gasteiger partial charge in [0.2, 0.25) is 0 Å². The molecule has 0 amide bonds. The summed E-state index contributed by atoms with van der Waals surface area (Å²) in [6.07, 6.45) is 0.643. The lowest BCUT2D eigenvalue weighted by Crippen LogP contribution is -2.02. The van der Waals surface area contributed by atoms with E-state index in [1.807, 2.05) is 19.1 Å². The topological polar surface area (TPSA) is 33.0 Å². The van der Waals surface area contributed by atoms with Crippen LogP contribution >= 0.6 is 0 Å². The summed E-state index contributed by atoms with van der Waals surface area (Å²) >= 11 is 0. The third-order valence-electron chi connectivity index (χ3n) is 2.38. The maximum atomic E-state index is 8.95. The minimum Gasteiger partial charge on any atom is -0.359 e. The predicted octanol–water partition coefficient (Wildman–Crippen LogP) is 3.49. The molecule has 0 aliphatic heterocycles. The van der Waals surface area contributed by atoms with Gasteiger partial charge < -0.3 is 4.74 Å². The van der Waals surface area contributed by atoms with E-state index in [-0.39, 0.29) is 0 Å². The molecule has 1 rings (SSSR count). The van der Waals surface area contributed by atoms with Crippen LogP contribution in [0.25, 0.3) is 0 Å². The monoisotopic (exact) mass is 217 g/mol. The number of hydrogen-bond donors (Lipinski definition) is 0. The Labute approximate surface area is 97.9 Å². The summed E-state index contributed by atoms with van der Waals surface area (Å²) in [6, 6.07) is 10.3. The summed E-state index contributed by atoms with van der Waals surface area (Å²) in [4.78, 5) is 0. The molecular formula is C14H19NO. The molecule has 0 bridgehead atoms. The Morgan fingerprint density at radius 2 is 1.88 bits per heavy atom. The molecule has 0 aliphatic rings. The molecule has 1 atom stereocenters. The van der Waals surface area contributed by atoms with Crippen molar-refractivity contribution in [2.24, 2.45) is 5.92 Å². The van der Waals surface area contributed by atoms with Crippen molar-refractivity contribution >= 4 is 0 Å². The number of nitriles is 1. The lowest BCUT2D eigenvalue weighted by Gasteiger charge is -2.10. The molecule has 0 aliphatic carbocycles. The average molecular weight is 217 g/mol. The highest BCUT2D eigenvalue weighted by Crippen LogP contribution is 2.18. The van der Waals surface area contributed by atoms with Gasteiger partial charge in [0.05, 0.1) is 6.07 Å². The highest BCUT2D eigenvalue weighted by Gasteiger charge is 2.09. The second kappa shape index (κ2) is 6.30. The van der Waals surface area contributed by atoms with Crippen LogP contribution < -0.4 is 0 Å². The second-order valence-corrected chi connectivity index (χ2v) is 4.30. The molecular weight excluding hydrogens is 198 g/mol. The highest BCUT2D eigenvalue weighted by molar-refractivity contribution is 5.27. The Morgan fingerprint density at radius 3 is 2.31 bits per heavy atom. The van der Waals surface area contributed by atoms with Crippen molar-refractivity contribution in [3.8, 4) is 6.07 Å². The van der Waals surface area contributed by atoms with Crippen LogP contribution in [0.4, 0.5) is 0 Å². The van der Waals surface area contributed by atoms with Gasteiger partial charge in [0, 0.05) is 6.61 Å². The molecule has 0 radical (unpaired) electrons.